The lowest BCUT2D eigenvalue weighted by Gasteiger charge is -2.22. The topological polar surface area (TPSA) is 58.6 Å². The molecule has 132 valence electrons. The van der Waals surface area contributed by atoms with Crippen molar-refractivity contribution < 1.29 is 14.3 Å². The van der Waals surface area contributed by atoms with Gasteiger partial charge in [-0.05, 0) is 25.1 Å². The Hall–Kier alpha value is -2.82. The van der Waals surface area contributed by atoms with Gasteiger partial charge in [-0.25, -0.2) is 0 Å². The van der Waals surface area contributed by atoms with E-state index in [1.807, 2.05) is 49.4 Å². The molecule has 0 aromatic heterocycles. The first kappa shape index (κ1) is 18.5. The van der Waals surface area contributed by atoms with Crippen molar-refractivity contribution in [3.8, 4) is 5.75 Å². The van der Waals surface area contributed by atoms with Crippen LogP contribution in [-0.4, -0.2) is 36.9 Å². The van der Waals surface area contributed by atoms with Crippen LogP contribution in [0, 0.1) is 6.92 Å². The quantitative estimate of drug-likeness (QED) is 0.843. The maximum atomic E-state index is 12.2. The Labute approximate surface area is 148 Å². The molecule has 5 heteroatoms. The molecule has 0 spiro atoms. The molecule has 5 nitrogen and oxygen atoms in total. The van der Waals surface area contributed by atoms with Crippen molar-refractivity contribution in [2.24, 2.45) is 0 Å². The smallest absolute Gasteiger partial charge is 0.251 e. The highest BCUT2D eigenvalue weighted by Gasteiger charge is 2.13. The van der Waals surface area contributed by atoms with Crippen LogP contribution in [0.2, 0.25) is 0 Å². The number of carbonyl (C=O) groups excluding carboxylic acids is 2. The Morgan fingerprint density at radius 2 is 1.88 bits per heavy atom. The van der Waals surface area contributed by atoms with Gasteiger partial charge in [0.05, 0.1) is 7.11 Å². The fraction of sp³-hybridized carbons (Fsp3) is 0.300. The summed E-state index contributed by atoms with van der Waals surface area (Å²) in [5.41, 5.74) is 2.60. The average molecular weight is 340 g/mol. The largest absolute Gasteiger partial charge is 0.496 e. The van der Waals surface area contributed by atoms with Gasteiger partial charge in [-0.15, -0.1) is 0 Å². The number of nitrogens with one attached hydrogen (secondary N) is 1. The number of hydrogen-bond acceptors (Lipinski definition) is 3. The average Bonchev–Trinajstić information content (AvgIpc) is 2.61. The van der Waals surface area contributed by atoms with Crippen LogP contribution in [0.3, 0.4) is 0 Å². The molecule has 1 N–H and O–H groups in total. The first-order valence-corrected chi connectivity index (χ1v) is 8.23. The lowest BCUT2D eigenvalue weighted by Crippen LogP contribution is -2.37. The van der Waals surface area contributed by atoms with E-state index in [-0.39, 0.29) is 11.8 Å². The van der Waals surface area contributed by atoms with E-state index >= 15 is 0 Å². The Morgan fingerprint density at radius 1 is 1.12 bits per heavy atom. The van der Waals surface area contributed by atoms with Gasteiger partial charge in [0, 0.05) is 37.7 Å². The van der Waals surface area contributed by atoms with Crippen LogP contribution >= 0.6 is 0 Å². The Morgan fingerprint density at radius 3 is 2.56 bits per heavy atom. The summed E-state index contributed by atoms with van der Waals surface area (Å²) in [6.07, 6.45) is 0. The second kappa shape index (κ2) is 8.87. The lowest BCUT2D eigenvalue weighted by molar-refractivity contribution is -0.129. The Kier molecular flexibility index (Phi) is 6.57. The molecule has 2 aromatic rings. The molecule has 2 rings (SSSR count). The van der Waals surface area contributed by atoms with Gasteiger partial charge in [0.25, 0.3) is 5.91 Å². The molecule has 0 fully saturated rings. The molecule has 0 aliphatic carbocycles. The molecule has 0 heterocycles. The third kappa shape index (κ3) is 5.35. The Balaban J connectivity index is 1.94. The number of methoxy groups -OCH3 is 1. The van der Waals surface area contributed by atoms with Crippen LogP contribution in [0.1, 0.15) is 28.4 Å². The molecule has 2 aromatic carbocycles. The molecular formula is C20H24N2O3. The summed E-state index contributed by atoms with van der Waals surface area (Å²) < 4.78 is 5.33. The molecule has 0 aliphatic rings. The number of carbonyl (C=O) groups is 2. The summed E-state index contributed by atoms with van der Waals surface area (Å²) in [5.74, 6) is 0.567. The maximum absolute atomic E-state index is 12.2. The molecule has 2 amide bonds. The number of para-hydroxylation sites is 1. The summed E-state index contributed by atoms with van der Waals surface area (Å²) >= 11 is 0. The van der Waals surface area contributed by atoms with Crippen LogP contribution in [0.5, 0.6) is 5.75 Å². The molecule has 0 bridgehead atoms. The van der Waals surface area contributed by atoms with Crippen LogP contribution in [0.4, 0.5) is 0 Å². The minimum atomic E-state index is -0.135. The standard InChI is InChI=1S/C20H24N2O3/c1-15-7-6-9-17(13-15)20(24)21-11-12-22(16(2)23)14-18-8-4-5-10-19(18)25-3/h4-10,13H,11-12,14H2,1-3H3,(H,21,24). The van der Waals surface area contributed by atoms with Crippen molar-refractivity contribution >= 4 is 11.8 Å². The van der Waals surface area contributed by atoms with Gasteiger partial charge in [0.1, 0.15) is 5.75 Å². The van der Waals surface area contributed by atoms with Gasteiger partial charge in [0.15, 0.2) is 0 Å². The highest BCUT2D eigenvalue weighted by atomic mass is 16.5. The van der Waals surface area contributed by atoms with Gasteiger partial charge in [-0.3, -0.25) is 9.59 Å². The third-order valence-corrected chi connectivity index (χ3v) is 3.95. The second-order valence-electron chi connectivity index (χ2n) is 5.88. The van der Waals surface area contributed by atoms with Crippen LogP contribution in [0.15, 0.2) is 48.5 Å². The van der Waals surface area contributed by atoms with Crippen LogP contribution in [0.25, 0.3) is 0 Å². The van der Waals surface area contributed by atoms with Gasteiger partial charge in [0.2, 0.25) is 5.91 Å². The fourth-order valence-corrected chi connectivity index (χ4v) is 2.58. The number of ether oxygens (including phenoxy) is 1. The zero-order valence-electron chi connectivity index (χ0n) is 14.9. The first-order chi connectivity index (χ1) is 12.0. The minimum Gasteiger partial charge on any atom is -0.496 e. The molecule has 0 saturated heterocycles. The number of aryl methyl sites for hydroxylation is 1. The lowest BCUT2D eigenvalue weighted by atomic mass is 10.1. The predicted molar refractivity (Wildman–Crippen MR) is 97.6 cm³/mol. The van der Waals surface area contributed by atoms with Gasteiger partial charge in [-0.2, -0.15) is 0 Å². The minimum absolute atomic E-state index is 0.0456. The van der Waals surface area contributed by atoms with Crippen molar-refractivity contribution in [2.75, 3.05) is 20.2 Å². The summed E-state index contributed by atoms with van der Waals surface area (Å²) in [6.45, 7) is 4.74. The summed E-state index contributed by atoms with van der Waals surface area (Å²) in [5, 5.41) is 2.86. The van der Waals surface area contributed by atoms with E-state index in [0.29, 0.717) is 25.2 Å². The maximum Gasteiger partial charge on any atom is 0.251 e. The van der Waals surface area contributed by atoms with Crippen molar-refractivity contribution in [1.82, 2.24) is 10.2 Å². The normalized spacial score (nSPS) is 10.2. The monoisotopic (exact) mass is 340 g/mol. The van der Waals surface area contributed by atoms with E-state index in [2.05, 4.69) is 5.32 Å². The van der Waals surface area contributed by atoms with Crippen LogP contribution < -0.4 is 10.1 Å². The highest BCUT2D eigenvalue weighted by Crippen LogP contribution is 2.19. The fourth-order valence-electron chi connectivity index (χ4n) is 2.58. The van der Waals surface area contributed by atoms with E-state index in [1.165, 1.54) is 6.92 Å². The van der Waals surface area contributed by atoms with Crippen molar-refractivity contribution in [1.29, 1.82) is 0 Å². The van der Waals surface area contributed by atoms with Gasteiger partial charge < -0.3 is 15.0 Å². The number of benzene rings is 2. The number of amides is 2. The van der Waals surface area contributed by atoms with Crippen molar-refractivity contribution in [3.05, 3.63) is 65.2 Å². The number of rotatable bonds is 7. The molecule has 25 heavy (non-hydrogen) atoms. The third-order valence-electron chi connectivity index (χ3n) is 3.95. The second-order valence-corrected chi connectivity index (χ2v) is 5.88. The number of nitrogens with zero attached hydrogens (tertiary/aromatic N) is 1. The Bertz CT molecular complexity index is 743. The zero-order chi connectivity index (χ0) is 18.2. The molecule has 0 atom stereocenters. The van der Waals surface area contributed by atoms with E-state index < -0.39 is 0 Å². The van der Waals surface area contributed by atoms with Gasteiger partial charge >= 0.3 is 0 Å². The summed E-state index contributed by atoms with van der Waals surface area (Å²) in [4.78, 5) is 25.8. The van der Waals surface area contributed by atoms with Crippen molar-refractivity contribution in [2.45, 2.75) is 20.4 Å². The SMILES string of the molecule is COc1ccccc1CN(CCNC(=O)c1cccc(C)c1)C(C)=O. The molecule has 0 radical (unpaired) electrons. The number of hydrogen-bond donors (Lipinski definition) is 1. The summed E-state index contributed by atoms with van der Waals surface area (Å²) in [7, 11) is 1.61. The van der Waals surface area contributed by atoms with E-state index in [9.17, 15) is 9.59 Å². The van der Waals surface area contributed by atoms with Crippen molar-refractivity contribution in [3.63, 3.8) is 0 Å². The predicted octanol–water partition coefficient (Wildman–Crippen LogP) is 2.78. The zero-order valence-corrected chi connectivity index (χ0v) is 14.9. The van der Waals surface area contributed by atoms with E-state index in [0.717, 1.165) is 16.9 Å². The van der Waals surface area contributed by atoms with E-state index in [4.69, 9.17) is 4.74 Å². The molecular weight excluding hydrogens is 316 g/mol. The van der Waals surface area contributed by atoms with Crippen LogP contribution in [-0.2, 0) is 11.3 Å². The molecule has 0 saturated carbocycles. The summed E-state index contributed by atoms with van der Waals surface area (Å²) in [6, 6.07) is 15.0. The van der Waals surface area contributed by atoms with Gasteiger partial charge in [-0.1, -0.05) is 35.9 Å². The van der Waals surface area contributed by atoms with E-state index in [1.54, 1.807) is 18.1 Å². The first-order valence-electron chi connectivity index (χ1n) is 8.23. The molecule has 0 unspecified atom stereocenters. The highest BCUT2D eigenvalue weighted by molar-refractivity contribution is 5.94. The molecule has 0 aliphatic heterocycles.